The third kappa shape index (κ3) is 3.01. The van der Waals surface area contributed by atoms with Crippen molar-refractivity contribution >= 4 is 34.3 Å². The predicted octanol–water partition coefficient (Wildman–Crippen LogP) is 4.45. The van der Waals surface area contributed by atoms with E-state index in [0.717, 1.165) is 28.5 Å². The normalized spacial score (nSPS) is 14.4. The van der Waals surface area contributed by atoms with Gasteiger partial charge < -0.3 is 4.90 Å². The number of benzene rings is 1. The van der Waals surface area contributed by atoms with Crippen LogP contribution >= 0.6 is 22.9 Å². The number of aryl methyl sites for hydroxylation is 2. The van der Waals surface area contributed by atoms with Crippen LogP contribution in [0.15, 0.2) is 41.5 Å². The minimum absolute atomic E-state index is 0.617. The smallest absolute Gasteiger partial charge is 0.115 e. The van der Waals surface area contributed by atoms with E-state index in [1.54, 1.807) is 11.3 Å². The number of thiazole rings is 1. The van der Waals surface area contributed by atoms with Gasteiger partial charge in [-0.3, -0.25) is 4.99 Å². The summed E-state index contributed by atoms with van der Waals surface area (Å²) in [7, 11) is 0. The molecule has 21 heavy (non-hydrogen) atoms. The van der Waals surface area contributed by atoms with E-state index >= 15 is 0 Å². The fraction of sp³-hybridized carbons (Fsp3) is 0.250. The van der Waals surface area contributed by atoms with Gasteiger partial charge in [-0.15, -0.1) is 11.3 Å². The van der Waals surface area contributed by atoms with E-state index in [4.69, 9.17) is 11.6 Å². The first-order valence-electron chi connectivity index (χ1n) is 6.89. The van der Waals surface area contributed by atoms with Crippen molar-refractivity contribution in [3.8, 4) is 0 Å². The van der Waals surface area contributed by atoms with Crippen LogP contribution in [0.3, 0.4) is 0 Å². The average molecular weight is 318 g/mol. The van der Waals surface area contributed by atoms with Crippen LogP contribution in [-0.4, -0.2) is 17.4 Å². The van der Waals surface area contributed by atoms with Gasteiger partial charge in [0.05, 0.1) is 21.3 Å². The summed E-state index contributed by atoms with van der Waals surface area (Å²) < 4.78 is 0. The molecular formula is C16H16ClN3S. The van der Waals surface area contributed by atoms with Crippen molar-refractivity contribution in [1.82, 2.24) is 4.98 Å². The number of halogens is 1. The van der Waals surface area contributed by atoms with Crippen LogP contribution in [0.2, 0.25) is 5.02 Å². The lowest BCUT2D eigenvalue weighted by atomic mass is 10.2. The number of hydrogen-bond acceptors (Lipinski definition) is 4. The second kappa shape index (κ2) is 6.00. The van der Waals surface area contributed by atoms with Crippen LogP contribution in [0.5, 0.6) is 0 Å². The number of aliphatic imine (C=N–C) groups is 1. The van der Waals surface area contributed by atoms with Crippen LogP contribution in [0, 0.1) is 6.92 Å². The van der Waals surface area contributed by atoms with Gasteiger partial charge in [-0.05, 0) is 43.7 Å². The van der Waals surface area contributed by atoms with Crippen LogP contribution in [0.25, 0.3) is 0 Å². The monoisotopic (exact) mass is 317 g/mol. The highest BCUT2D eigenvalue weighted by Gasteiger charge is 2.14. The van der Waals surface area contributed by atoms with Gasteiger partial charge in [-0.2, -0.15) is 0 Å². The molecule has 0 spiro atoms. The first-order chi connectivity index (χ1) is 10.2. The topological polar surface area (TPSA) is 28.5 Å². The molecule has 0 fully saturated rings. The van der Waals surface area contributed by atoms with Gasteiger partial charge in [-0.25, -0.2) is 4.98 Å². The first-order valence-corrected chi connectivity index (χ1v) is 8.08. The molecule has 1 aliphatic rings. The van der Waals surface area contributed by atoms with E-state index in [2.05, 4.69) is 34.1 Å². The Morgan fingerprint density at radius 1 is 1.29 bits per heavy atom. The van der Waals surface area contributed by atoms with Crippen molar-refractivity contribution in [2.75, 3.05) is 11.6 Å². The Bertz CT molecular complexity index is 701. The SMILES string of the molecule is CCc1nc(C)c(C2=NCN(c3ccc(Cl)cc3)C=C2)s1. The second-order valence-electron chi connectivity index (χ2n) is 4.82. The molecule has 0 radical (unpaired) electrons. The summed E-state index contributed by atoms with van der Waals surface area (Å²) in [5, 5.41) is 1.91. The Morgan fingerprint density at radius 2 is 2.05 bits per heavy atom. The van der Waals surface area contributed by atoms with Gasteiger partial charge in [0, 0.05) is 16.9 Å². The average Bonchev–Trinajstić information content (AvgIpc) is 2.89. The molecule has 0 aliphatic carbocycles. The van der Waals surface area contributed by atoms with Crippen molar-refractivity contribution in [2.24, 2.45) is 4.99 Å². The Balaban J connectivity index is 1.79. The highest BCUT2D eigenvalue weighted by molar-refractivity contribution is 7.14. The van der Waals surface area contributed by atoms with E-state index in [9.17, 15) is 0 Å². The minimum Gasteiger partial charge on any atom is -0.328 e. The standard InChI is InChI=1S/C16H16ClN3S/c1-3-15-19-11(2)16(21-15)14-8-9-20(10-18-14)13-6-4-12(17)5-7-13/h4-9H,3,10H2,1-2H3. The molecule has 0 amide bonds. The molecule has 3 nitrogen and oxygen atoms in total. The molecular weight excluding hydrogens is 302 g/mol. The molecule has 1 aromatic carbocycles. The molecule has 3 rings (SSSR count). The van der Waals surface area contributed by atoms with Gasteiger partial charge in [0.2, 0.25) is 0 Å². The molecule has 108 valence electrons. The Hall–Kier alpha value is -1.65. The number of rotatable bonds is 3. The molecule has 1 aliphatic heterocycles. The lowest BCUT2D eigenvalue weighted by Crippen LogP contribution is -2.21. The molecule has 0 N–H and O–H groups in total. The summed E-state index contributed by atoms with van der Waals surface area (Å²) in [6.45, 7) is 4.79. The molecule has 0 bridgehead atoms. The number of anilines is 1. The summed E-state index contributed by atoms with van der Waals surface area (Å²) in [6.07, 6.45) is 5.09. The molecule has 0 saturated heterocycles. The number of nitrogens with zero attached hydrogens (tertiary/aromatic N) is 3. The number of allylic oxidation sites excluding steroid dienone is 1. The van der Waals surface area contributed by atoms with E-state index in [1.165, 1.54) is 9.88 Å². The molecule has 1 aromatic heterocycles. The summed E-state index contributed by atoms with van der Waals surface area (Å²) in [5.74, 6) is 0. The minimum atomic E-state index is 0.617. The Kier molecular flexibility index (Phi) is 4.08. The zero-order valence-electron chi connectivity index (χ0n) is 12.0. The number of hydrogen-bond donors (Lipinski definition) is 0. The van der Waals surface area contributed by atoms with Crippen LogP contribution in [-0.2, 0) is 6.42 Å². The molecule has 2 heterocycles. The van der Waals surface area contributed by atoms with Gasteiger partial charge in [0.25, 0.3) is 0 Å². The fourth-order valence-electron chi connectivity index (χ4n) is 2.20. The third-order valence-corrected chi connectivity index (χ3v) is 4.92. The van der Waals surface area contributed by atoms with Crippen LogP contribution in [0.4, 0.5) is 5.69 Å². The van der Waals surface area contributed by atoms with Crippen LogP contribution < -0.4 is 4.90 Å². The maximum Gasteiger partial charge on any atom is 0.115 e. The third-order valence-electron chi connectivity index (χ3n) is 3.34. The predicted molar refractivity (Wildman–Crippen MR) is 90.7 cm³/mol. The van der Waals surface area contributed by atoms with Gasteiger partial charge in [0.15, 0.2) is 0 Å². The van der Waals surface area contributed by atoms with Gasteiger partial charge in [0.1, 0.15) is 6.67 Å². The summed E-state index contributed by atoms with van der Waals surface area (Å²) in [5.41, 5.74) is 3.18. The zero-order valence-corrected chi connectivity index (χ0v) is 13.6. The van der Waals surface area contributed by atoms with Crippen molar-refractivity contribution < 1.29 is 0 Å². The van der Waals surface area contributed by atoms with E-state index < -0.39 is 0 Å². The maximum atomic E-state index is 5.92. The summed E-state index contributed by atoms with van der Waals surface area (Å²) >= 11 is 7.65. The van der Waals surface area contributed by atoms with Crippen molar-refractivity contribution in [3.05, 3.63) is 57.1 Å². The largest absolute Gasteiger partial charge is 0.328 e. The van der Waals surface area contributed by atoms with E-state index in [0.29, 0.717) is 6.67 Å². The Morgan fingerprint density at radius 3 is 2.62 bits per heavy atom. The zero-order chi connectivity index (χ0) is 14.8. The highest BCUT2D eigenvalue weighted by atomic mass is 35.5. The van der Waals surface area contributed by atoms with Crippen molar-refractivity contribution in [2.45, 2.75) is 20.3 Å². The Labute approximate surface area is 133 Å². The van der Waals surface area contributed by atoms with Crippen molar-refractivity contribution in [1.29, 1.82) is 0 Å². The van der Waals surface area contributed by atoms with E-state index in [1.807, 2.05) is 31.2 Å². The lowest BCUT2D eigenvalue weighted by Gasteiger charge is -2.22. The first kappa shape index (κ1) is 14.3. The fourth-order valence-corrected chi connectivity index (χ4v) is 3.32. The van der Waals surface area contributed by atoms with Crippen molar-refractivity contribution in [3.63, 3.8) is 0 Å². The molecule has 0 saturated carbocycles. The summed E-state index contributed by atoms with van der Waals surface area (Å²) in [6, 6.07) is 7.79. The lowest BCUT2D eigenvalue weighted by molar-refractivity contribution is 0.963. The maximum absolute atomic E-state index is 5.92. The van der Waals surface area contributed by atoms with Crippen LogP contribution in [0.1, 0.15) is 22.5 Å². The molecule has 5 heteroatoms. The summed E-state index contributed by atoms with van der Waals surface area (Å²) in [4.78, 5) is 12.5. The highest BCUT2D eigenvalue weighted by Crippen LogP contribution is 2.24. The molecule has 2 aromatic rings. The molecule has 0 unspecified atom stereocenters. The van der Waals surface area contributed by atoms with Gasteiger partial charge in [-0.1, -0.05) is 18.5 Å². The second-order valence-corrected chi connectivity index (χ2v) is 6.34. The van der Waals surface area contributed by atoms with E-state index in [-0.39, 0.29) is 0 Å². The van der Waals surface area contributed by atoms with Gasteiger partial charge >= 0.3 is 0 Å². The quantitative estimate of drug-likeness (QED) is 0.836. The number of aromatic nitrogens is 1. The molecule has 0 atom stereocenters.